The fourth-order valence-electron chi connectivity index (χ4n) is 1.19. The molecule has 0 spiro atoms. The van der Waals surface area contributed by atoms with Crippen LogP contribution in [0.2, 0.25) is 0 Å². The summed E-state index contributed by atoms with van der Waals surface area (Å²) < 4.78 is 5.52. The zero-order valence-electron chi connectivity index (χ0n) is 8.56. The number of hydrogen-bond donors (Lipinski definition) is 0. The second-order valence-corrected chi connectivity index (χ2v) is 3.11. The summed E-state index contributed by atoms with van der Waals surface area (Å²) in [5, 5.41) is 0. The molecule has 15 heavy (non-hydrogen) atoms. The summed E-state index contributed by atoms with van der Waals surface area (Å²) in [7, 11) is 0. The molecule has 2 nitrogen and oxygen atoms in total. The van der Waals surface area contributed by atoms with E-state index in [-0.39, 0.29) is 6.10 Å². The lowest BCUT2D eigenvalue weighted by Crippen LogP contribution is -2.09. The van der Waals surface area contributed by atoms with Gasteiger partial charge in [0, 0.05) is 6.42 Å². The summed E-state index contributed by atoms with van der Waals surface area (Å²) in [5.74, 6) is 0. The molecular formula is C13H14O2. The molecule has 1 aromatic carbocycles. The maximum absolute atomic E-state index is 10.4. The normalized spacial score (nSPS) is 11.5. The summed E-state index contributed by atoms with van der Waals surface area (Å²) in [4.78, 5) is 10.4. The molecule has 0 N–H and O–H groups in total. The zero-order valence-corrected chi connectivity index (χ0v) is 8.56. The van der Waals surface area contributed by atoms with Crippen molar-refractivity contribution < 1.29 is 9.53 Å². The highest BCUT2D eigenvalue weighted by molar-refractivity contribution is 5.50. The van der Waals surface area contributed by atoms with Crippen molar-refractivity contribution in [1.82, 2.24) is 0 Å². The first-order chi connectivity index (χ1) is 7.36. The number of hydrogen-bond acceptors (Lipinski definition) is 2. The lowest BCUT2D eigenvalue weighted by Gasteiger charge is -2.10. The predicted octanol–water partition coefficient (Wildman–Crippen LogP) is 2.50. The van der Waals surface area contributed by atoms with Gasteiger partial charge in [0.05, 0.1) is 12.7 Å². The van der Waals surface area contributed by atoms with Crippen molar-refractivity contribution in [2.45, 2.75) is 19.1 Å². The van der Waals surface area contributed by atoms with Crippen molar-refractivity contribution in [2.24, 2.45) is 0 Å². The molecule has 78 valence electrons. The average molecular weight is 202 g/mol. The van der Waals surface area contributed by atoms with Crippen molar-refractivity contribution in [1.29, 1.82) is 0 Å². The second kappa shape index (κ2) is 6.77. The lowest BCUT2D eigenvalue weighted by atomic mass is 10.2. The molecule has 0 aliphatic rings. The molecule has 0 saturated heterocycles. The molecule has 1 aromatic rings. The maximum atomic E-state index is 10.4. The Kier molecular flexibility index (Phi) is 5.16. The predicted molar refractivity (Wildman–Crippen MR) is 59.4 cm³/mol. The molecule has 0 saturated carbocycles. The first-order valence-corrected chi connectivity index (χ1v) is 4.82. The Labute approximate surface area is 89.9 Å². The summed E-state index contributed by atoms with van der Waals surface area (Å²) in [5.41, 5.74) is 3.72. The number of rotatable bonds is 6. The van der Waals surface area contributed by atoms with E-state index in [2.05, 4.69) is 12.3 Å². The third kappa shape index (κ3) is 4.41. The fraction of sp³-hybridized carbons (Fsp3) is 0.231. The molecule has 1 unspecified atom stereocenters. The molecule has 0 aromatic heterocycles. The lowest BCUT2D eigenvalue weighted by molar-refractivity contribution is -0.109. The van der Waals surface area contributed by atoms with Gasteiger partial charge in [0.2, 0.25) is 0 Å². The average Bonchev–Trinajstić information content (AvgIpc) is 2.28. The quantitative estimate of drug-likeness (QED) is 0.523. The minimum Gasteiger partial charge on any atom is -0.368 e. The van der Waals surface area contributed by atoms with Gasteiger partial charge in [0.15, 0.2) is 0 Å². The van der Waals surface area contributed by atoms with Crippen LogP contribution in [0, 0.1) is 0 Å². The molecule has 0 fully saturated rings. The van der Waals surface area contributed by atoms with Crippen LogP contribution in [0.5, 0.6) is 0 Å². The summed E-state index contributed by atoms with van der Waals surface area (Å²) in [6.07, 6.45) is 2.62. The molecule has 0 bridgehead atoms. The van der Waals surface area contributed by atoms with Gasteiger partial charge < -0.3 is 9.53 Å². The number of ether oxygens (including phenoxy) is 1. The van der Waals surface area contributed by atoms with Crippen LogP contribution in [0.3, 0.4) is 0 Å². The molecule has 0 heterocycles. The summed E-state index contributed by atoms with van der Waals surface area (Å²) >= 11 is 0. The van der Waals surface area contributed by atoms with Crippen LogP contribution in [0.4, 0.5) is 0 Å². The van der Waals surface area contributed by atoms with Crippen LogP contribution < -0.4 is 0 Å². The van der Waals surface area contributed by atoms with E-state index in [0.717, 1.165) is 11.8 Å². The van der Waals surface area contributed by atoms with Gasteiger partial charge >= 0.3 is 0 Å². The van der Waals surface area contributed by atoms with Crippen molar-refractivity contribution in [2.75, 3.05) is 0 Å². The Morgan fingerprint density at radius 1 is 1.40 bits per heavy atom. The fourth-order valence-corrected chi connectivity index (χ4v) is 1.19. The third-order valence-corrected chi connectivity index (χ3v) is 1.94. The molecule has 0 amide bonds. The van der Waals surface area contributed by atoms with Crippen LogP contribution >= 0.6 is 0 Å². The Bertz CT molecular complexity index is 337. The van der Waals surface area contributed by atoms with Crippen molar-refractivity contribution in [3.8, 4) is 0 Å². The highest BCUT2D eigenvalue weighted by Crippen LogP contribution is 2.05. The van der Waals surface area contributed by atoms with E-state index in [1.54, 1.807) is 6.08 Å². The third-order valence-electron chi connectivity index (χ3n) is 1.94. The SMILES string of the molecule is C=C=CC(CC=O)OCc1ccccc1. The van der Waals surface area contributed by atoms with E-state index in [4.69, 9.17) is 4.74 Å². The van der Waals surface area contributed by atoms with Crippen LogP contribution in [-0.4, -0.2) is 12.4 Å². The Morgan fingerprint density at radius 2 is 2.13 bits per heavy atom. The minimum absolute atomic E-state index is 0.222. The van der Waals surface area contributed by atoms with Crippen molar-refractivity contribution in [3.63, 3.8) is 0 Å². The zero-order chi connectivity index (χ0) is 10.9. The van der Waals surface area contributed by atoms with Gasteiger partial charge in [-0.05, 0) is 11.6 Å². The smallest absolute Gasteiger partial charge is 0.122 e. The number of carbonyl (C=O) groups is 1. The molecule has 0 radical (unpaired) electrons. The van der Waals surface area contributed by atoms with Crippen molar-refractivity contribution in [3.05, 3.63) is 54.3 Å². The molecule has 0 aliphatic heterocycles. The van der Waals surface area contributed by atoms with Gasteiger partial charge in [-0.15, -0.1) is 5.73 Å². The molecule has 2 heteroatoms. The van der Waals surface area contributed by atoms with E-state index in [1.807, 2.05) is 30.3 Å². The minimum atomic E-state index is -0.222. The van der Waals surface area contributed by atoms with E-state index < -0.39 is 0 Å². The monoisotopic (exact) mass is 202 g/mol. The largest absolute Gasteiger partial charge is 0.368 e. The van der Waals surface area contributed by atoms with Crippen LogP contribution in [0.15, 0.2) is 48.7 Å². The van der Waals surface area contributed by atoms with Crippen LogP contribution in [-0.2, 0) is 16.1 Å². The summed E-state index contributed by atoms with van der Waals surface area (Å²) in [6, 6.07) is 9.83. The van der Waals surface area contributed by atoms with Gasteiger partial charge in [-0.2, -0.15) is 0 Å². The van der Waals surface area contributed by atoms with E-state index >= 15 is 0 Å². The summed E-state index contributed by atoms with van der Waals surface area (Å²) in [6.45, 7) is 3.96. The van der Waals surface area contributed by atoms with E-state index in [0.29, 0.717) is 13.0 Å². The van der Waals surface area contributed by atoms with Gasteiger partial charge in [-0.3, -0.25) is 0 Å². The van der Waals surface area contributed by atoms with Gasteiger partial charge in [-0.25, -0.2) is 0 Å². The van der Waals surface area contributed by atoms with Crippen molar-refractivity contribution >= 4 is 6.29 Å². The van der Waals surface area contributed by atoms with E-state index in [9.17, 15) is 4.79 Å². The van der Waals surface area contributed by atoms with Gasteiger partial charge in [-0.1, -0.05) is 36.9 Å². The Hall–Kier alpha value is -1.63. The Morgan fingerprint density at radius 3 is 2.73 bits per heavy atom. The highest BCUT2D eigenvalue weighted by atomic mass is 16.5. The van der Waals surface area contributed by atoms with E-state index in [1.165, 1.54) is 0 Å². The standard InChI is InChI=1S/C13H14O2/c1-2-6-13(9-10-14)15-11-12-7-4-3-5-8-12/h3-8,10,13H,1,9,11H2. The Balaban J connectivity index is 2.46. The first kappa shape index (κ1) is 11.4. The van der Waals surface area contributed by atoms with Gasteiger partial charge in [0.1, 0.15) is 6.29 Å². The molecule has 1 atom stereocenters. The number of aldehydes is 1. The first-order valence-electron chi connectivity index (χ1n) is 4.82. The molecule has 1 rings (SSSR count). The number of benzene rings is 1. The van der Waals surface area contributed by atoms with Gasteiger partial charge in [0.25, 0.3) is 0 Å². The number of carbonyl (C=O) groups excluding carboxylic acids is 1. The second-order valence-electron chi connectivity index (χ2n) is 3.11. The topological polar surface area (TPSA) is 26.3 Å². The highest BCUT2D eigenvalue weighted by Gasteiger charge is 2.03. The molecule has 0 aliphatic carbocycles. The van der Waals surface area contributed by atoms with Crippen LogP contribution in [0.25, 0.3) is 0 Å². The maximum Gasteiger partial charge on any atom is 0.122 e. The van der Waals surface area contributed by atoms with Crippen LogP contribution in [0.1, 0.15) is 12.0 Å². The molecular weight excluding hydrogens is 188 g/mol.